The van der Waals surface area contributed by atoms with Crippen molar-refractivity contribution < 1.29 is 4.74 Å². The van der Waals surface area contributed by atoms with Gasteiger partial charge in [0.15, 0.2) is 0 Å². The molecule has 0 N–H and O–H groups in total. The van der Waals surface area contributed by atoms with Crippen LogP contribution in [0.5, 0.6) is 0 Å². The van der Waals surface area contributed by atoms with Crippen LogP contribution in [0.1, 0.15) is 19.8 Å². The molecule has 1 atom stereocenters. The van der Waals surface area contributed by atoms with Gasteiger partial charge in [0.25, 0.3) is 0 Å². The van der Waals surface area contributed by atoms with E-state index in [4.69, 9.17) is 4.74 Å². The maximum Gasteiger partial charge on any atom is 0.0801 e. The van der Waals surface area contributed by atoms with Crippen molar-refractivity contribution in [2.75, 3.05) is 6.61 Å². The molecule has 0 aromatic heterocycles. The minimum atomic E-state index is 0.344. The fourth-order valence-electron chi connectivity index (χ4n) is 1.81. The van der Waals surface area contributed by atoms with Gasteiger partial charge in [0, 0.05) is 13.0 Å². The molecular formula is C11H14O. The first-order valence-corrected chi connectivity index (χ1v) is 4.58. The minimum Gasteiger partial charge on any atom is -0.374 e. The van der Waals surface area contributed by atoms with Gasteiger partial charge in [-0.2, -0.15) is 0 Å². The molecule has 0 saturated carbocycles. The summed E-state index contributed by atoms with van der Waals surface area (Å²) in [6.45, 7) is 2.86. The molecule has 0 radical (unpaired) electrons. The summed E-state index contributed by atoms with van der Waals surface area (Å²) in [7, 11) is 0. The summed E-state index contributed by atoms with van der Waals surface area (Å²) in [4.78, 5) is 0. The van der Waals surface area contributed by atoms with Crippen LogP contribution in [-0.4, -0.2) is 12.7 Å². The summed E-state index contributed by atoms with van der Waals surface area (Å²) in [6, 6.07) is 0. The van der Waals surface area contributed by atoms with Crippen LogP contribution in [0.2, 0.25) is 0 Å². The second-order valence-electron chi connectivity index (χ2n) is 3.21. The molecule has 0 heterocycles. The van der Waals surface area contributed by atoms with Gasteiger partial charge in [0.1, 0.15) is 0 Å². The Hall–Kier alpha value is -0.820. The third-order valence-electron chi connectivity index (χ3n) is 2.37. The maximum absolute atomic E-state index is 5.55. The van der Waals surface area contributed by atoms with Gasteiger partial charge in [-0.3, -0.25) is 0 Å². The normalized spacial score (nSPS) is 26.6. The van der Waals surface area contributed by atoms with E-state index in [2.05, 4.69) is 24.3 Å². The second kappa shape index (κ2) is 3.28. The Morgan fingerprint density at radius 1 is 1.50 bits per heavy atom. The van der Waals surface area contributed by atoms with Crippen molar-refractivity contribution in [2.45, 2.75) is 25.9 Å². The van der Waals surface area contributed by atoms with Gasteiger partial charge < -0.3 is 4.74 Å². The number of ether oxygens (including phenoxy) is 1. The van der Waals surface area contributed by atoms with Gasteiger partial charge in [-0.15, -0.1) is 0 Å². The molecule has 0 aromatic carbocycles. The largest absolute Gasteiger partial charge is 0.374 e. The van der Waals surface area contributed by atoms with E-state index in [1.807, 2.05) is 6.92 Å². The summed E-state index contributed by atoms with van der Waals surface area (Å²) in [5, 5.41) is 0. The van der Waals surface area contributed by atoms with E-state index in [1.54, 1.807) is 0 Å². The average Bonchev–Trinajstić information content (AvgIpc) is 2.47. The van der Waals surface area contributed by atoms with Crippen molar-refractivity contribution in [3.05, 3.63) is 35.5 Å². The molecule has 1 unspecified atom stereocenters. The standard InChI is InChI=1S/C11H14O/c1-2-12-11-7-9-5-3-4-6-10(9)8-11/h3-5,8,11H,2,6-7H2,1H3. The lowest BCUT2D eigenvalue weighted by Gasteiger charge is -2.07. The van der Waals surface area contributed by atoms with Crippen molar-refractivity contribution >= 4 is 0 Å². The zero-order valence-corrected chi connectivity index (χ0v) is 7.42. The maximum atomic E-state index is 5.55. The quantitative estimate of drug-likeness (QED) is 0.606. The Bertz CT molecular complexity index is 258. The number of hydrogen-bond acceptors (Lipinski definition) is 1. The zero-order chi connectivity index (χ0) is 8.39. The SMILES string of the molecule is CCOC1C=C2CC=CC=C2C1. The first-order chi connectivity index (χ1) is 5.90. The molecule has 1 nitrogen and oxygen atoms in total. The summed E-state index contributed by atoms with van der Waals surface area (Å²) in [5.41, 5.74) is 2.94. The van der Waals surface area contributed by atoms with Gasteiger partial charge in [0.2, 0.25) is 0 Å². The van der Waals surface area contributed by atoms with Crippen molar-refractivity contribution in [1.82, 2.24) is 0 Å². The van der Waals surface area contributed by atoms with E-state index in [9.17, 15) is 0 Å². The molecule has 2 aliphatic rings. The minimum absolute atomic E-state index is 0.344. The van der Waals surface area contributed by atoms with Gasteiger partial charge in [-0.05, 0) is 24.5 Å². The fraction of sp³-hybridized carbons (Fsp3) is 0.455. The van der Waals surface area contributed by atoms with Crippen LogP contribution < -0.4 is 0 Å². The number of rotatable bonds is 2. The van der Waals surface area contributed by atoms with Crippen LogP contribution in [-0.2, 0) is 4.74 Å². The van der Waals surface area contributed by atoms with Gasteiger partial charge >= 0.3 is 0 Å². The first-order valence-electron chi connectivity index (χ1n) is 4.58. The Balaban J connectivity index is 2.09. The predicted molar refractivity (Wildman–Crippen MR) is 50.0 cm³/mol. The van der Waals surface area contributed by atoms with Crippen LogP contribution in [0.15, 0.2) is 35.5 Å². The molecule has 1 heteroatoms. The number of hydrogen-bond donors (Lipinski definition) is 0. The molecule has 64 valence electrons. The number of allylic oxidation sites excluding steroid dienone is 4. The summed E-state index contributed by atoms with van der Waals surface area (Å²) in [6.07, 6.45) is 11.3. The molecule has 12 heavy (non-hydrogen) atoms. The van der Waals surface area contributed by atoms with Gasteiger partial charge in [0.05, 0.1) is 6.10 Å². The highest BCUT2D eigenvalue weighted by atomic mass is 16.5. The Morgan fingerprint density at radius 3 is 3.17 bits per heavy atom. The number of fused-ring (bicyclic) bond motifs is 1. The summed E-state index contributed by atoms with van der Waals surface area (Å²) < 4.78 is 5.55. The van der Waals surface area contributed by atoms with Crippen molar-refractivity contribution in [1.29, 1.82) is 0 Å². The van der Waals surface area contributed by atoms with Crippen LogP contribution >= 0.6 is 0 Å². The highest BCUT2D eigenvalue weighted by molar-refractivity contribution is 5.44. The summed E-state index contributed by atoms with van der Waals surface area (Å²) in [5.74, 6) is 0. The molecule has 0 saturated heterocycles. The van der Waals surface area contributed by atoms with E-state index in [0.717, 1.165) is 19.4 Å². The second-order valence-corrected chi connectivity index (χ2v) is 3.21. The molecular weight excluding hydrogens is 148 g/mol. The highest BCUT2D eigenvalue weighted by Gasteiger charge is 2.20. The first kappa shape index (κ1) is 7.81. The van der Waals surface area contributed by atoms with Gasteiger partial charge in [-0.25, -0.2) is 0 Å². The smallest absolute Gasteiger partial charge is 0.0801 e. The summed E-state index contributed by atoms with van der Waals surface area (Å²) >= 11 is 0. The Labute approximate surface area is 73.4 Å². The Kier molecular flexibility index (Phi) is 2.13. The van der Waals surface area contributed by atoms with E-state index >= 15 is 0 Å². The molecule has 0 spiro atoms. The monoisotopic (exact) mass is 162 g/mol. The molecule has 2 aliphatic carbocycles. The third kappa shape index (κ3) is 1.37. The molecule has 0 aliphatic heterocycles. The molecule has 0 amide bonds. The molecule has 2 rings (SSSR count). The third-order valence-corrected chi connectivity index (χ3v) is 2.37. The zero-order valence-electron chi connectivity index (χ0n) is 7.42. The fourth-order valence-corrected chi connectivity index (χ4v) is 1.81. The average molecular weight is 162 g/mol. The Morgan fingerprint density at radius 2 is 2.42 bits per heavy atom. The highest BCUT2D eigenvalue weighted by Crippen LogP contribution is 2.31. The molecule has 0 aromatic rings. The van der Waals surface area contributed by atoms with Gasteiger partial charge in [-0.1, -0.05) is 24.3 Å². The van der Waals surface area contributed by atoms with E-state index < -0.39 is 0 Å². The van der Waals surface area contributed by atoms with E-state index in [0.29, 0.717) is 6.10 Å². The van der Waals surface area contributed by atoms with Crippen molar-refractivity contribution in [2.24, 2.45) is 0 Å². The van der Waals surface area contributed by atoms with E-state index in [-0.39, 0.29) is 0 Å². The lowest BCUT2D eigenvalue weighted by molar-refractivity contribution is 0.101. The van der Waals surface area contributed by atoms with E-state index in [1.165, 1.54) is 11.1 Å². The predicted octanol–water partition coefficient (Wildman–Crippen LogP) is 2.61. The molecule has 0 fully saturated rings. The van der Waals surface area contributed by atoms with Crippen LogP contribution in [0.25, 0.3) is 0 Å². The topological polar surface area (TPSA) is 9.23 Å². The lowest BCUT2D eigenvalue weighted by atomic mass is 10.0. The lowest BCUT2D eigenvalue weighted by Crippen LogP contribution is -2.05. The molecule has 0 bridgehead atoms. The van der Waals surface area contributed by atoms with Crippen molar-refractivity contribution in [3.63, 3.8) is 0 Å². The van der Waals surface area contributed by atoms with Crippen LogP contribution in [0.3, 0.4) is 0 Å². The van der Waals surface area contributed by atoms with Crippen LogP contribution in [0.4, 0.5) is 0 Å². The van der Waals surface area contributed by atoms with Crippen LogP contribution in [0, 0.1) is 0 Å². The van der Waals surface area contributed by atoms with Crippen molar-refractivity contribution in [3.8, 4) is 0 Å².